The van der Waals surface area contributed by atoms with Crippen LogP contribution in [0.5, 0.6) is 0 Å². The molecular formula is C21H15BrClN3O4S2. The second kappa shape index (κ2) is 8.86. The van der Waals surface area contributed by atoms with Crippen molar-refractivity contribution in [2.24, 2.45) is 0 Å². The molecule has 4 aromatic rings. The van der Waals surface area contributed by atoms with Gasteiger partial charge in [-0.15, -0.1) is 11.3 Å². The normalized spacial score (nSPS) is 11.7. The Morgan fingerprint density at radius 3 is 2.62 bits per heavy atom. The highest BCUT2D eigenvalue weighted by Gasteiger charge is 2.21. The smallest absolute Gasteiger partial charge is 0.267 e. The first kappa shape index (κ1) is 22.8. The summed E-state index contributed by atoms with van der Waals surface area (Å²) >= 11 is 10.1. The first-order valence-electron chi connectivity index (χ1n) is 9.28. The summed E-state index contributed by atoms with van der Waals surface area (Å²) in [6, 6.07) is 11.4. The van der Waals surface area contributed by atoms with Crippen LogP contribution in [-0.2, 0) is 21.1 Å². The third-order valence-electron chi connectivity index (χ3n) is 4.64. The number of thiophene rings is 1. The lowest BCUT2D eigenvalue weighted by atomic mass is 10.1. The van der Waals surface area contributed by atoms with Gasteiger partial charge in [0.25, 0.3) is 5.56 Å². The number of hydrogen-bond donors (Lipinski definition) is 0. The Morgan fingerprint density at radius 1 is 1.19 bits per heavy atom. The summed E-state index contributed by atoms with van der Waals surface area (Å²) in [7, 11) is -3.74. The van der Waals surface area contributed by atoms with Crippen LogP contribution in [0, 0.1) is 6.92 Å². The number of carbonyl (C=O) groups excluding carboxylic acids is 1. The van der Waals surface area contributed by atoms with Gasteiger partial charge >= 0.3 is 0 Å². The maximum Gasteiger partial charge on any atom is 0.267 e. The van der Waals surface area contributed by atoms with Crippen LogP contribution in [0.1, 0.15) is 11.4 Å². The molecule has 0 N–H and O–H groups in total. The van der Waals surface area contributed by atoms with E-state index in [9.17, 15) is 18.0 Å². The number of pyridine rings is 1. The molecule has 3 heterocycles. The van der Waals surface area contributed by atoms with E-state index in [1.807, 2.05) is 6.07 Å². The number of hydrogen-bond acceptors (Lipinski definition) is 7. The summed E-state index contributed by atoms with van der Waals surface area (Å²) in [4.78, 5) is 34.1. The molecule has 0 saturated heterocycles. The third-order valence-corrected chi connectivity index (χ3v) is 8.63. The zero-order valence-corrected chi connectivity index (χ0v) is 20.6. The number of halogens is 2. The fourth-order valence-corrected chi connectivity index (χ4v) is 6.39. The van der Waals surface area contributed by atoms with Gasteiger partial charge in [0.2, 0.25) is 0 Å². The van der Waals surface area contributed by atoms with Crippen molar-refractivity contribution in [1.82, 2.24) is 14.5 Å². The molecule has 4 rings (SSSR count). The van der Waals surface area contributed by atoms with Crippen molar-refractivity contribution in [3.8, 4) is 5.82 Å². The maximum absolute atomic E-state index is 13.0. The standard InChI is InChI=1S/C21H15BrClN3O4S2/c1-12-25-17-4-3-14(22)9-16(17)21(28)26(12)19-6-2-13(10-24-19)8-15(27)11-32(29,30)20-7-5-18(23)31-20/h2-7,9-10H,8,11H2,1H3. The van der Waals surface area contributed by atoms with Gasteiger partial charge in [-0.25, -0.2) is 23.0 Å². The van der Waals surface area contributed by atoms with Crippen molar-refractivity contribution in [1.29, 1.82) is 0 Å². The molecule has 0 saturated carbocycles. The number of carbonyl (C=O) groups is 1. The van der Waals surface area contributed by atoms with Crippen molar-refractivity contribution >= 4 is 65.4 Å². The molecular weight excluding hydrogens is 538 g/mol. The molecule has 0 atom stereocenters. The van der Waals surface area contributed by atoms with Crippen molar-refractivity contribution < 1.29 is 13.2 Å². The lowest BCUT2D eigenvalue weighted by Gasteiger charge is -2.11. The first-order valence-corrected chi connectivity index (χ1v) is 12.9. The highest BCUT2D eigenvalue weighted by Crippen LogP contribution is 2.26. The van der Waals surface area contributed by atoms with E-state index in [1.165, 1.54) is 22.9 Å². The summed E-state index contributed by atoms with van der Waals surface area (Å²) in [5.41, 5.74) is 0.869. The van der Waals surface area contributed by atoms with E-state index in [4.69, 9.17) is 11.6 Å². The van der Waals surface area contributed by atoms with E-state index in [1.54, 1.807) is 31.2 Å². The van der Waals surface area contributed by atoms with Gasteiger partial charge in [0.15, 0.2) is 15.6 Å². The maximum atomic E-state index is 13.0. The van der Waals surface area contributed by atoms with Gasteiger partial charge in [0.1, 0.15) is 21.6 Å². The number of aromatic nitrogens is 3. The molecule has 7 nitrogen and oxygen atoms in total. The second-order valence-electron chi connectivity index (χ2n) is 7.02. The average molecular weight is 553 g/mol. The van der Waals surface area contributed by atoms with E-state index in [-0.39, 0.29) is 16.2 Å². The molecule has 0 spiro atoms. The minimum atomic E-state index is -3.74. The molecule has 0 aliphatic rings. The average Bonchev–Trinajstić information content (AvgIpc) is 3.17. The summed E-state index contributed by atoms with van der Waals surface area (Å²) < 4.78 is 27.3. The molecule has 3 aromatic heterocycles. The topological polar surface area (TPSA) is 99.0 Å². The molecule has 1 aromatic carbocycles. The SMILES string of the molecule is Cc1nc2ccc(Br)cc2c(=O)n1-c1ccc(CC(=O)CS(=O)(=O)c2ccc(Cl)s2)cn1. The zero-order valence-electron chi connectivity index (χ0n) is 16.6. The van der Waals surface area contributed by atoms with Gasteiger partial charge in [-0.2, -0.15) is 0 Å². The highest BCUT2D eigenvalue weighted by atomic mass is 79.9. The molecule has 0 unspecified atom stereocenters. The van der Waals surface area contributed by atoms with E-state index >= 15 is 0 Å². The second-order valence-corrected chi connectivity index (χ2v) is 11.9. The first-order chi connectivity index (χ1) is 15.1. The Bertz CT molecular complexity index is 1510. The van der Waals surface area contributed by atoms with E-state index in [0.717, 1.165) is 15.8 Å². The summed E-state index contributed by atoms with van der Waals surface area (Å²) in [6.07, 6.45) is 1.36. The lowest BCUT2D eigenvalue weighted by Crippen LogP contribution is -2.23. The van der Waals surface area contributed by atoms with Crippen LogP contribution in [0.25, 0.3) is 16.7 Å². The van der Waals surface area contributed by atoms with Crippen LogP contribution in [0.4, 0.5) is 0 Å². The van der Waals surface area contributed by atoms with E-state index in [2.05, 4.69) is 25.9 Å². The van der Waals surface area contributed by atoms with Gasteiger partial charge in [-0.3, -0.25) is 9.59 Å². The fraction of sp³-hybridized carbons (Fsp3) is 0.143. The third kappa shape index (κ3) is 4.68. The van der Waals surface area contributed by atoms with Crippen LogP contribution in [0.3, 0.4) is 0 Å². The fourth-order valence-electron chi connectivity index (χ4n) is 3.22. The lowest BCUT2D eigenvalue weighted by molar-refractivity contribution is -0.116. The molecule has 11 heteroatoms. The molecule has 0 bridgehead atoms. The highest BCUT2D eigenvalue weighted by molar-refractivity contribution is 9.10. The van der Waals surface area contributed by atoms with Gasteiger partial charge < -0.3 is 0 Å². The van der Waals surface area contributed by atoms with Crippen LogP contribution >= 0.6 is 38.9 Å². The quantitative estimate of drug-likeness (QED) is 0.356. The Morgan fingerprint density at radius 2 is 1.97 bits per heavy atom. The molecule has 0 amide bonds. The number of Topliss-reactive ketones (excluding diaryl/α,β-unsaturated/α-hetero) is 1. The summed E-state index contributed by atoms with van der Waals surface area (Å²) in [6.45, 7) is 1.71. The Balaban J connectivity index is 1.56. The van der Waals surface area contributed by atoms with Crippen LogP contribution in [0.15, 0.2) is 62.1 Å². The summed E-state index contributed by atoms with van der Waals surface area (Å²) in [5, 5.41) is 0.449. The van der Waals surface area contributed by atoms with Crippen molar-refractivity contribution in [3.05, 3.63) is 79.2 Å². The van der Waals surface area contributed by atoms with Crippen molar-refractivity contribution in [3.63, 3.8) is 0 Å². The van der Waals surface area contributed by atoms with Gasteiger partial charge in [0.05, 0.1) is 15.2 Å². The Labute approximate surface area is 200 Å². The molecule has 0 aliphatic heterocycles. The van der Waals surface area contributed by atoms with Crippen molar-refractivity contribution in [2.45, 2.75) is 17.6 Å². The number of benzene rings is 1. The summed E-state index contributed by atoms with van der Waals surface area (Å²) in [5.74, 6) is -0.247. The molecule has 32 heavy (non-hydrogen) atoms. The van der Waals surface area contributed by atoms with Crippen LogP contribution in [0.2, 0.25) is 4.34 Å². The number of ketones is 1. The number of fused-ring (bicyclic) bond motifs is 1. The predicted molar refractivity (Wildman–Crippen MR) is 128 cm³/mol. The number of nitrogens with zero attached hydrogens (tertiary/aromatic N) is 3. The van der Waals surface area contributed by atoms with E-state index < -0.39 is 21.4 Å². The number of rotatable bonds is 6. The molecule has 0 aliphatic carbocycles. The molecule has 164 valence electrons. The van der Waals surface area contributed by atoms with Gasteiger partial charge in [-0.05, 0) is 48.9 Å². The molecule has 0 fully saturated rings. The minimum Gasteiger partial charge on any atom is -0.298 e. The van der Waals surface area contributed by atoms with E-state index in [0.29, 0.717) is 32.4 Å². The van der Waals surface area contributed by atoms with Crippen LogP contribution in [-0.4, -0.2) is 34.5 Å². The molecule has 0 radical (unpaired) electrons. The number of sulfone groups is 1. The number of aryl methyl sites for hydroxylation is 1. The zero-order chi connectivity index (χ0) is 23.0. The monoisotopic (exact) mass is 551 g/mol. The minimum absolute atomic E-state index is 0.0645. The van der Waals surface area contributed by atoms with Crippen molar-refractivity contribution in [2.75, 3.05) is 5.75 Å². The van der Waals surface area contributed by atoms with Gasteiger partial charge in [0, 0.05) is 17.1 Å². The largest absolute Gasteiger partial charge is 0.298 e. The predicted octanol–water partition coefficient (Wildman–Crippen LogP) is 4.15. The van der Waals surface area contributed by atoms with Crippen LogP contribution < -0.4 is 5.56 Å². The Kier molecular flexibility index (Phi) is 6.30. The Hall–Kier alpha value is -2.40. The van der Waals surface area contributed by atoms with Gasteiger partial charge in [-0.1, -0.05) is 33.6 Å².